The first-order valence-electron chi connectivity index (χ1n) is 12.4. The quantitative estimate of drug-likeness (QED) is 0.0523. The lowest BCUT2D eigenvalue weighted by Crippen LogP contribution is -2.32. The molecular weight excluding hydrogens is 503 g/mol. The third kappa shape index (κ3) is 21.5. The third-order valence-corrected chi connectivity index (χ3v) is 5.50. The van der Waals surface area contributed by atoms with Gasteiger partial charge in [0.2, 0.25) is 0 Å². The lowest BCUT2D eigenvalue weighted by Gasteiger charge is -2.18. The van der Waals surface area contributed by atoms with Crippen LogP contribution in [-0.2, 0) is 28.6 Å². The maximum Gasteiger partial charge on any atom is 0.358 e. The molecule has 0 aromatic carbocycles. The highest BCUT2D eigenvalue weighted by Gasteiger charge is 2.33. The molecule has 198 valence electrons. The zero-order chi connectivity index (χ0) is 25.7. The summed E-state index contributed by atoms with van der Waals surface area (Å²) < 4.78 is 12.6. The molecule has 0 heterocycles. The van der Waals surface area contributed by atoms with Gasteiger partial charge in [-0.2, -0.15) is 0 Å². The molecule has 0 spiro atoms. The van der Waals surface area contributed by atoms with Crippen molar-refractivity contribution < 1.29 is 28.6 Å². The first-order valence-corrected chi connectivity index (χ1v) is 13.5. The molecule has 0 aliphatic heterocycles. The van der Waals surface area contributed by atoms with Crippen LogP contribution in [0.15, 0.2) is 12.2 Å². The van der Waals surface area contributed by atoms with E-state index in [2.05, 4.69) is 19.1 Å². The van der Waals surface area contributed by atoms with Gasteiger partial charge < -0.3 is 14.2 Å². The minimum Gasteiger partial charge on any atom is -0.462 e. The number of esters is 3. The Kier molecular flexibility index (Phi) is 20.7. The number of alkyl halides is 3. The van der Waals surface area contributed by atoms with Gasteiger partial charge in [0, 0.05) is 13.3 Å². The molecule has 34 heavy (non-hydrogen) atoms. The van der Waals surface area contributed by atoms with Gasteiger partial charge in [-0.25, -0.2) is 4.79 Å². The van der Waals surface area contributed by atoms with Crippen LogP contribution in [-0.4, -0.2) is 41.0 Å². The summed E-state index contributed by atoms with van der Waals surface area (Å²) in [6.45, 7) is 2.81. The molecule has 0 aromatic rings. The van der Waals surface area contributed by atoms with E-state index in [4.69, 9.17) is 49.0 Å². The van der Waals surface area contributed by atoms with Crippen molar-refractivity contribution in [1.82, 2.24) is 0 Å². The number of hydrogen-bond donors (Lipinski definition) is 0. The molecule has 0 unspecified atom stereocenters. The van der Waals surface area contributed by atoms with Crippen LogP contribution >= 0.6 is 34.8 Å². The molecule has 6 nitrogen and oxygen atoms in total. The zero-order valence-electron chi connectivity index (χ0n) is 20.6. The fraction of sp³-hybridized carbons (Fsp3) is 0.800. The molecule has 0 saturated heterocycles. The molecule has 0 amide bonds. The van der Waals surface area contributed by atoms with E-state index in [9.17, 15) is 14.4 Å². The number of allylic oxidation sites excluding steroid dienone is 2. The van der Waals surface area contributed by atoms with Crippen molar-refractivity contribution in [1.29, 1.82) is 0 Å². The Morgan fingerprint density at radius 3 is 1.79 bits per heavy atom. The van der Waals surface area contributed by atoms with Crippen LogP contribution in [0.5, 0.6) is 0 Å². The highest BCUT2D eigenvalue weighted by Crippen LogP contribution is 2.27. The first kappa shape index (κ1) is 33.0. The van der Waals surface area contributed by atoms with Crippen LogP contribution < -0.4 is 0 Å². The number of carbonyl (C=O) groups excluding carboxylic acids is 3. The summed E-state index contributed by atoms with van der Waals surface area (Å²) in [4.78, 5) is 34.6. The average molecular weight is 544 g/mol. The molecule has 0 saturated carbocycles. The Morgan fingerprint density at radius 2 is 1.26 bits per heavy atom. The van der Waals surface area contributed by atoms with Crippen molar-refractivity contribution in [2.75, 3.05) is 13.2 Å². The molecule has 0 N–H and O–H groups in total. The van der Waals surface area contributed by atoms with Crippen molar-refractivity contribution in [3.05, 3.63) is 12.2 Å². The second kappa shape index (κ2) is 21.3. The maximum absolute atomic E-state index is 11.9. The average Bonchev–Trinajstić information content (AvgIpc) is 2.77. The van der Waals surface area contributed by atoms with E-state index in [0.29, 0.717) is 0 Å². The smallest absolute Gasteiger partial charge is 0.358 e. The first-order chi connectivity index (χ1) is 16.2. The van der Waals surface area contributed by atoms with Gasteiger partial charge in [-0.3, -0.25) is 9.59 Å². The van der Waals surface area contributed by atoms with E-state index in [-0.39, 0.29) is 19.6 Å². The summed E-state index contributed by atoms with van der Waals surface area (Å²) in [5.41, 5.74) is 0. The predicted octanol–water partition coefficient (Wildman–Crippen LogP) is 7.41. The summed E-state index contributed by atoms with van der Waals surface area (Å²) in [5, 5.41) is 0. The molecule has 0 aromatic heterocycles. The minimum atomic E-state index is -2.23. The van der Waals surface area contributed by atoms with E-state index in [1.165, 1.54) is 51.9 Å². The molecule has 9 heteroatoms. The number of halogens is 3. The maximum atomic E-state index is 11.9. The second-order valence-corrected chi connectivity index (χ2v) is 10.6. The number of carbonyl (C=O) groups is 3. The monoisotopic (exact) mass is 542 g/mol. The summed E-state index contributed by atoms with van der Waals surface area (Å²) >= 11 is 16.2. The van der Waals surface area contributed by atoms with Gasteiger partial charge in [0.1, 0.15) is 13.2 Å². The lowest BCUT2D eigenvalue weighted by molar-refractivity contribution is -0.165. The highest BCUT2D eigenvalue weighted by atomic mass is 35.6. The normalized spacial score (nSPS) is 12.5. The Hall–Kier alpha value is -0.980. The summed E-state index contributed by atoms with van der Waals surface area (Å²) in [6.07, 6.45) is 19.2. The van der Waals surface area contributed by atoms with Crippen LogP contribution in [0.25, 0.3) is 0 Å². The number of hydrogen-bond acceptors (Lipinski definition) is 6. The SMILES string of the molecule is CCCCCCCC/C=C/CCCCCCCC(=O)OC[C@H](COC(=O)C(Cl)(Cl)Cl)OC(C)=O. The van der Waals surface area contributed by atoms with E-state index in [1.54, 1.807) is 0 Å². The van der Waals surface area contributed by atoms with E-state index >= 15 is 0 Å². The fourth-order valence-corrected chi connectivity index (χ4v) is 3.36. The Morgan fingerprint density at radius 1 is 0.765 bits per heavy atom. The van der Waals surface area contributed by atoms with Crippen molar-refractivity contribution in [2.24, 2.45) is 0 Å². The Balaban J connectivity index is 3.77. The Labute approximate surface area is 220 Å². The second-order valence-electron chi connectivity index (χ2n) is 8.34. The lowest BCUT2D eigenvalue weighted by atomic mass is 10.1. The van der Waals surface area contributed by atoms with Crippen molar-refractivity contribution in [3.63, 3.8) is 0 Å². The van der Waals surface area contributed by atoms with Crippen LogP contribution in [0, 0.1) is 0 Å². The van der Waals surface area contributed by atoms with Gasteiger partial charge >= 0.3 is 17.9 Å². The summed E-state index contributed by atoms with van der Waals surface area (Å²) in [7, 11) is 0. The summed E-state index contributed by atoms with van der Waals surface area (Å²) in [6, 6.07) is 0. The van der Waals surface area contributed by atoms with Gasteiger partial charge in [-0.1, -0.05) is 105 Å². The predicted molar refractivity (Wildman–Crippen MR) is 137 cm³/mol. The molecule has 0 rings (SSSR count). The van der Waals surface area contributed by atoms with E-state index < -0.39 is 27.8 Å². The molecule has 1 atom stereocenters. The van der Waals surface area contributed by atoms with Crippen LogP contribution in [0.4, 0.5) is 0 Å². The van der Waals surface area contributed by atoms with Gasteiger partial charge in [0.05, 0.1) is 0 Å². The van der Waals surface area contributed by atoms with Gasteiger partial charge in [-0.15, -0.1) is 0 Å². The van der Waals surface area contributed by atoms with Crippen LogP contribution in [0.1, 0.15) is 104 Å². The van der Waals surface area contributed by atoms with Crippen molar-refractivity contribution in [2.45, 2.75) is 114 Å². The van der Waals surface area contributed by atoms with E-state index in [1.807, 2.05) is 0 Å². The standard InChI is InChI=1S/C25H41Cl3O6/c1-3-4-5-6-7-8-9-10-11-12-13-14-15-16-17-18-23(30)32-19-22(34-21(2)29)20-33-24(31)25(26,27)28/h10-11,22H,3-9,12-20H2,1-2H3/b11-10+/t22-/m1/s1. The molecule has 0 fully saturated rings. The summed E-state index contributed by atoms with van der Waals surface area (Å²) in [5.74, 6) is -2.11. The fourth-order valence-electron chi connectivity index (χ4n) is 3.20. The molecular formula is C25H41Cl3O6. The number of unbranched alkanes of at least 4 members (excludes halogenated alkanes) is 11. The minimum absolute atomic E-state index is 0.239. The van der Waals surface area contributed by atoms with Crippen molar-refractivity contribution in [3.8, 4) is 0 Å². The van der Waals surface area contributed by atoms with Gasteiger partial charge in [0.15, 0.2) is 6.10 Å². The highest BCUT2D eigenvalue weighted by molar-refractivity contribution is 6.75. The van der Waals surface area contributed by atoms with Crippen molar-refractivity contribution >= 4 is 52.7 Å². The molecule has 0 bridgehead atoms. The van der Waals surface area contributed by atoms with Gasteiger partial charge in [-0.05, 0) is 32.1 Å². The zero-order valence-corrected chi connectivity index (χ0v) is 22.9. The van der Waals surface area contributed by atoms with E-state index in [0.717, 1.165) is 38.5 Å². The largest absolute Gasteiger partial charge is 0.462 e. The number of rotatable bonds is 20. The topological polar surface area (TPSA) is 78.9 Å². The van der Waals surface area contributed by atoms with Crippen LogP contribution in [0.3, 0.4) is 0 Å². The van der Waals surface area contributed by atoms with Gasteiger partial charge in [0.25, 0.3) is 3.79 Å². The number of ether oxygens (including phenoxy) is 3. The molecule has 0 aliphatic rings. The molecule has 0 radical (unpaired) electrons. The Bertz CT molecular complexity index is 590. The van der Waals surface area contributed by atoms with Crippen LogP contribution in [0.2, 0.25) is 0 Å². The molecule has 0 aliphatic carbocycles. The third-order valence-electron chi connectivity index (χ3n) is 5.04.